The van der Waals surface area contributed by atoms with Crippen molar-refractivity contribution in [3.8, 4) is 17.0 Å². The van der Waals surface area contributed by atoms with Crippen LogP contribution in [0.25, 0.3) is 11.3 Å². The van der Waals surface area contributed by atoms with Crippen molar-refractivity contribution in [2.24, 2.45) is 0 Å². The number of halogens is 3. The van der Waals surface area contributed by atoms with Gasteiger partial charge in [-0.2, -0.15) is 4.39 Å². The lowest BCUT2D eigenvalue weighted by Gasteiger charge is -2.03. The molecule has 0 aliphatic carbocycles. The summed E-state index contributed by atoms with van der Waals surface area (Å²) in [5, 5.41) is 21.1. The summed E-state index contributed by atoms with van der Waals surface area (Å²) < 4.78 is 43.2. The summed E-state index contributed by atoms with van der Waals surface area (Å²) in [4.78, 5) is 10.5. The third-order valence-corrected chi connectivity index (χ3v) is 2.13. The molecule has 2 aromatic rings. The van der Waals surface area contributed by atoms with Crippen molar-refractivity contribution >= 4 is 5.97 Å². The van der Waals surface area contributed by atoms with E-state index in [2.05, 4.69) is 9.68 Å². The van der Waals surface area contributed by atoms with Gasteiger partial charge in [0, 0.05) is 6.07 Å². The highest BCUT2D eigenvalue weighted by molar-refractivity contribution is 5.86. The average molecular weight is 259 g/mol. The Bertz CT molecular complexity index is 638. The molecule has 0 aliphatic rings. The van der Waals surface area contributed by atoms with Crippen molar-refractivity contribution in [1.29, 1.82) is 0 Å². The van der Waals surface area contributed by atoms with E-state index in [-0.39, 0.29) is 5.69 Å². The second-order valence-electron chi connectivity index (χ2n) is 3.26. The highest BCUT2D eigenvalue weighted by Gasteiger charge is 2.22. The number of aromatic hydroxyl groups is 1. The Morgan fingerprint density at radius 2 is 1.89 bits per heavy atom. The zero-order valence-electron chi connectivity index (χ0n) is 8.45. The van der Waals surface area contributed by atoms with Gasteiger partial charge < -0.3 is 14.7 Å². The molecule has 2 rings (SSSR count). The number of benzene rings is 1. The first kappa shape index (κ1) is 12.0. The minimum Gasteiger partial charge on any atom is -0.504 e. The fourth-order valence-electron chi connectivity index (χ4n) is 1.28. The van der Waals surface area contributed by atoms with Crippen LogP contribution in [-0.2, 0) is 0 Å². The Morgan fingerprint density at radius 3 is 2.44 bits per heavy atom. The molecule has 94 valence electrons. The number of carbonyl (C=O) groups is 1. The van der Waals surface area contributed by atoms with Gasteiger partial charge in [-0.05, 0) is 6.07 Å². The van der Waals surface area contributed by atoms with Gasteiger partial charge in [0.25, 0.3) is 0 Å². The van der Waals surface area contributed by atoms with Crippen molar-refractivity contribution in [3.05, 3.63) is 35.3 Å². The summed E-state index contributed by atoms with van der Waals surface area (Å²) in [7, 11) is 0. The molecule has 2 N–H and O–H groups in total. The summed E-state index contributed by atoms with van der Waals surface area (Å²) >= 11 is 0. The van der Waals surface area contributed by atoms with Gasteiger partial charge in [0.05, 0.1) is 5.56 Å². The van der Waals surface area contributed by atoms with Gasteiger partial charge >= 0.3 is 5.97 Å². The van der Waals surface area contributed by atoms with Gasteiger partial charge in [-0.3, -0.25) is 0 Å². The van der Waals surface area contributed by atoms with Gasteiger partial charge in [0.2, 0.25) is 11.6 Å². The molecule has 0 amide bonds. The molecule has 0 saturated carbocycles. The average Bonchev–Trinajstić information content (AvgIpc) is 2.80. The Labute approximate surface area is 97.1 Å². The third-order valence-electron chi connectivity index (χ3n) is 2.13. The fourth-order valence-corrected chi connectivity index (χ4v) is 1.28. The SMILES string of the molecule is O=C(O)c1cc(-c2cc(F)c(F)c(F)c2O)no1. The number of aromatic nitrogens is 1. The lowest BCUT2D eigenvalue weighted by molar-refractivity contribution is 0.0652. The predicted octanol–water partition coefficient (Wildman–Crippen LogP) is 2.16. The number of phenolic OH excluding ortho intramolecular Hbond substituents is 1. The minimum absolute atomic E-state index is 0.331. The molecule has 0 spiro atoms. The summed E-state index contributed by atoms with van der Waals surface area (Å²) in [6.07, 6.45) is 0. The van der Waals surface area contributed by atoms with Gasteiger partial charge in [-0.25, -0.2) is 13.6 Å². The number of aromatic carboxylic acids is 1. The zero-order chi connectivity index (χ0) is 13.4. The number of carboxylic acid groups (broad SMARTS) is 1. The second kappa shape index (κ2) is 4.06. The van der Waals surface area contributed by atoms with E-state index < -0.39 is 40.5 Å². The van der Waals surface area contributed by atoms with Crippen molar-refractivity contribution in [1.82, 2.24) is 5.16 Å². The van der Waals surface area contributed by atoms with Gasteiger partial charge in [0.1, 0.15) is 5.69 Å². The van der Waals surface area contributed by atoms with Crippen LogP contribution < -0.4 is 0 Å². The van der Waals surface area contributed by atoms with Crippen LogP contribution in [0.15, 0.2) is 16.7 Å². The first-order valence-electron chi connectivity index (χ1n) is 4.48. The number of hydrogen-bond donors (Lipinski definition) is 2. The summed E-state index contributed by atoms with van der Waals surface area (Å²) in [5.41, 5.74) is -0.842. The monoisotopic (exact) mass is 259 g/mol. The van der Waals surface area contributed by atoms with Crippen LogP contribution in [0, 0.1) is 17.5 Å². The molecule has 0 fully saturated rings. The standard InChI is InChI=1S/C10H4F3NO4/c11-4-1-3(9(15)8(13)7(4)12)5-2-6(10(16)17)18-14-5/h1-2,15H,(H,16,17). The molecule has 5 nitrogen and oxygen atoms in total. The molecule has 1 heterocycles. The highest BCUT2D eigenvalue weighted by Crippen LogP contribution is 2.33. The number of hydrogen-bond acceptors (Lipinski definition) is 4. The topological polar surface area (TPSA) is 83.6 Å². The molecule has 0 aliphatic heterocycles. The Balaban J connectivity index is 2.60. The van der Waals surface area contributed by atoms with Crippen molar-refractivity contribution in [2.75, 3.05) is 0 Å². The molecular formula is C10H4F3NO4. The highest BCUT2D eigenvalue weighted by atomic mass is 19.2. The summed E-state index contributed by atoms with van der Waals surface area (Å²) in [6, 6.07) is 1.32. The molecule has 0 unspecified atom stereocenters. The van der Waals surface area contributed by atoms with Crippen LogP contribution in [0.1, 0.15) is 10.6 Å². The number of nitrogens with zero attached hydrogens (tertiary/aromatic N) is 1. The smallest absolute Gasteiger partial charge is 0.374 e. The van der Waals surface area contributed by atoms with Crippen LogP contribution >= 0.6 is 0 Å². The number of phenols is 1. The van der Waals surface area contributed by atoms with Crippen LogP contribution in [0.4, 0.5) is 13.2 Å². The Kier molecular flexibility index (Phi) is 2.70. The fraction of sp³-hybridized carbons (Fsp3) is 0. The van der Waals surface area contributed by atoms with Crippen LogP contribution in [0.2, 0.25) is 0 Å². The molecule has 1 aromatic carbocycles. The molecule has 18 heavy (non-hydrogen) atoms. The van der Waals surface area contributed by atoms with Crippen molar-refractivity contribution in [2.45, 2.75) is 0 Å². The van der Waals surface area contributed by atoms with E-state index in [1.54, 1.807) is 0 Å². The van der Waals surface area contributed by atoms with Gasteiger partial charge in [-0.1, -0.05) is 5.16 Å². The van der Waals surface area contributed by atoms with E-state index in [1.165, 1.54) is 0 Å². The normalized spacial score (nSPS) is 10.6. The van der Waals surface area contributed by atoms with Crippen LogP contribution in [0.5, 0.6) is 5.75 Å². The quantitative estimate of drug-likeness (QED) is 0.807. The van der Waals surface area contributed by atoms with E-state index in [9.17, 15) is 23.1 Å². The zero-order valence-corrected chi connectivity index (χ0v) is 8.45. The van der Waals surface area contributed by atoms with Crippen molar-refractivity contribution < 1.29 is 32.7 Å². The molecule has 0 saturated heterocycles. The summed E-state index contributed by atoms with van der Waals surface area (Å²) in [5.74, 6) is -8.38. The molecule has 0 radical (unpaired) electrons. The third kappa shape index (κ3) is 1.77. The first-order valence-corrected chi connectivity index (χ1v) is 4.48. The van der Waals surface area contributed by atoms with E-state index in [0.717, 1.165) is 6.07 Å². The maximum Gasteiger partial charge on any atom is 0.374 e. The van der Waals surface area contributed by atoms with Crippen LogP contribution in [0.3, 0.4) is 0 Å². The van der Waals surface area contributed by atoms with E-state index in [1.807, 2.05) is 0 Å². The minimum atomic E-state index is -1.83. The van der Waals surface area contributed by atoms with Crippen molar-refractivity contribution in [3.63, 3.8) is 0 Å². The predicted molar refractivity (Wildman–Crippen MR) is 50.4 cm³/mol. The largest absolute Gasteiger partial charge is 0.504 e. The van der Waals surface area contributed by atoms with E-state index >= 15 is 0 Å². The molecular weight excluding hydrogens is 255 g/mol. The van der Waals surface area contributed by atoms with Gasteiger partial charge in [0.15, 0.2) is 17.4 Å². The van der Waals surface area contributed by atoms with Gasteiger partial charge in [-0.15, -0.1) is 0 Å². The lowest BCUT2D eigenvalue weighted by atomic mass is 10.1. The molecule has 0 atom stereocenters. The summed E-state index contributed by atoms with van der Waals surface area (Å²) in [6.45, 7) is 0. The number of carboxylic acids is 1. The van der Waals surface area contributed by atoms with Crippen LogP contribution in [-0.4, -0.2) is 21.3 Å². The lowest BCUT2D eigenvalue weighted by Crippen LogP contribution is -1.94. The maximum atomic E-state index is 13.1. The first-order chi connectivity index (χ1) is 8.41. The molecule has 8 heteroatoms. The van der Waals surface area contributed by atoms with E-state index in [0.29, 0.717) is 6.07 Å². The Morgan fingerprint density at radius 1 is 1.22 bits per heavy atom. The maximum absolute atomic E-state index is 13.1. The molecule has 1 aromatic heterocycles. The molecule has 0 bridgehead atoms. The van der Waals surface area contributed by atoms with E-state index in [4.69, 9.17) is 5.11 Å². The second-order valence-corrected chi connectivity index (χ2v) is 3.26. The number of rotatable bonds is 2. The Hall–Kier alpha value is -2.51.